The maximum absolute atomic E-state index is 12.5. The fourth-order valence-corrected chi connectivity index (χ4v) is 1.42. The molecule has 1 rings (SSSR count). The van der Waals surface area contributed by atoms with E-state index in [1.807, 2.05) is 0 Å². The second-order valence-corrected chi connectivity index (χ2v) is 3.66. The Morgan fingerprint density at radius 2 is 1.81 bits per heavy atom. The topological polar surface area (TPSA) is 37.3 Å². The molecule has 2 nitrogen and oxygen atoms in total. The number of alkyl halides is 3. The number of benzene rings is 1. The predicted molar refractivity (Wildman–Crippen MR) is 52.3 cm³/mol. The first kappa shape index (κ1) is 12.5. The van der Waals surface area contributed by atoms with Gasteiger partial charge in [-0.2, -0.15) is 13.2 Å². The van der Waals surface area contributed by atoms with Gasteiger partial charge in [-0.3, -0.25) is 4.79 Å². The van der Waals surface area contributed by atoms with Gasteiger partial charge in [0.2, 0.25) is 0 Å². The number of aryl methyl sites for hydroxylation is 2. The van der Waals surface area contributed by atoms with Crippen LogP contribution in [0.2, 0.25) is 0 Å². The summed E-state index contributed by atoms with van der Waals surface area (Å²) in [6, 6.07) is 3.96. The monoisotopic (exact) mass is 232 g/mol. The lowest BCUT2D eigenvalue weighted by atomic mass is 9.95. The number of aliphatic carboxylic acids is 1. The molecule has 1 N–H and O–H groups in total. The summed E-state index contributed by atoms with van der Waals surface area (Å²) < 4.78 is 37.5. The Kier molecular flexibility index (Phi) is 3.26. The second-order valence-electron chi connectivity index (χ2n) is 3.66. The van der Waals surface area contributed by atoms with Crippen LogP contribution in [0.25, 0.3) is 0 Å². The predicted octanol–water partition coefficient (Wildman–Crippen LogP) is 3.03. The Bertz CT molecular complexity index is 410. The second kappa shape index (κ2) is 4.15. The van der Waals surface area contributed by atoms with Gasteiger partial charge >= 0.3 is 12.1 Å². The lowest BCUT2D eigenvalue weighted by Crippen LogP contribution is -2.28. The maximum atomic E-state index is 12.5. The Balaban J connectivity index is 3.22. The van der Waals surface area contributed by atoms with E-state index in [1.54, 1.807) is 13.8 Å². The van der Waals surface area contributed by atoms with Crippen LogP contribution in [0, 0.1) is 13.8 Å². The molecular formula is C11H11F3O2. The molecule has 0 fully saturated rings. The fraction of sp³-hybridized carbons (Fsp3) is 0.364. The molecule has 1 unspecified atom stereocenters. The Morgan fingerprint density at radius 1 is 1.25 bits per heavy atom. The molecule has 0 bridgehead atoms. The van der Waals surface area contributed by atoms with Crippen molar-refractivity contribution in [3.63, 3.8) is 0 Å². The maximum Gasteiger partial charge on any atom is 0.406 e. The lowest BCUT2D eigenvalue weighted by molar-refractivity contribution is -0.176. The van der Waals surface area contributed by atoms with Gasteiger partial charge in [-0.1, -0.05) is 18.2 Å². The van der Waals surface area contributed by atoms with Crippen LogP contribution in [0.4, 0.5) is 13.2 Å². The molecule has 0 aromatic heterocycles. The average molecular weight is 232 g/mol. The van der Waals surface area contributed by atoms with E-state index in [-0.39, 0.29) is 5.56 Å². The van der Waals surface area contributed by atoms with Crippen LogP contribution in [0.3, 0.4) is 0 Å². The lowest BCUT2D eigenvalue weighted by Gasteiger charge is -2.17. The molecule has 0 heterocycles. The molecule has 0 aliphatic heterocycles. The molecule has 5 heteroatoms. The van der Waals surface area contributed by atoms with Gasteiger partial charge in [-0.15, -0.1) is 0 Å². The molecule has 1 aromatic carbocycles. The number of halogens is 3. The largest absolute Gasteiger partial charge is 0.481 e. The van der Waals surface area contributed by atoms with E-state index in [4.69, 9.17) is 5.11 Å². The fourth-order valence-electron chi connectivity index (χ4n) is 1.42. The molecular weight excluding hydrogens is 221 g/mol. The van der Waals surface area contributed by atoms with E-state index >= 15 is 0 Å². The van der Waals surface area contributed by atoms with Gasteiger partial charge in [0.05, 0.1) is 0 Å². The minimum Gasteiger partial charge on any atom is -0.481 e. The van der Waals surface area contributed by atoms with E-state index in [2.05, 4.69) is 0 Å². The molecule has 0 aliphatic carbocycles. The van der Waals surface area contributed by atoms with Gasteiger partial charge in [-0.25, -0.2) is 0 Å². The van der Waals surface area contributed by atoms with Crippen molar-refractivity contribution in [2.75, 3.05) is 0 Å². The summed E-state index contributed by atoms with van der Waals surface area (Å²) in [6.45, 7) is 3.40. The summed E-state index contributed by atoms with van der Waals surface area (Å²) in [5.74, 6) is -4.33. The Hall–Kier alpha value is -1.52. The molecule has 0 saturated heterocycles. The van der Waals surface area contributed by atoms with E-state index in [0.29, 0.717) is 5.56 Å². The van der Waals surface area contributed by atoms with Crippen molar-refractivity contribution in [2.24, 2.45) is 0 Å². The number of hydrogen-bond acceptors (Lipinski definition) is 1. The van der Waals surface area contributed by atoms with Crippen LogP contribution in [0.15, 0.2) is 18.2 Å². The number of rotatable bonds is 2. The molecule has 0 radical (unpaired) electrons. The van der Waals surface area contributed by atoms with Gasteiger partial charge in [0.15, 0.2) is 5.92 Å². The first-order valence-corrected chi connectivity index (χ1v) is 4.60. The van der Waals surface area contributed by atoms with Crippen LogP contribution in [0.5, 0.6) is 0 Å². The van der Waals surface area contributed by atoms with E-state index < -0.39 is 18.1 Å². The van der Waals surface area contributed by atoms with Crippen molar-refractivity contribution in [2.45, 2.75) is 25.9 Å². The molecule has 88 valence electrons. The number of carboxylic acid groups (broad SMARTS) is 1. The van der Waals surface area contributed by atoms with Crippen molar-refractivity contribution in [3.8, 4) is 0 Å². The van der Waals surface area contributed by atoms with Gasteiger partial charge < -0.3 is 5.11 Å². The summed E-state index contributed by atoms with van der Waals surface area (Å²) in [6.07, 6.45) is -4.77. The van der Waals surface area contributed by atoms with Crippen LogP contribution in [-0.2, 0) is 4.79 Å². The highest BCUT2D eigenvalue weighted by Crippen LogP contribution is 2.35. The molecule has 0 spiro atoms. The first-order chi connectivity index (χ1) is 7.23. The van der Waals surface area contributed by atoms with Gasteiger partial charge in [-0.05, 0) is 30.5 Å². The van der Waals surface area contributed by atoms with Crippen molar-refractivity contribution in [1.29, 1.82) is 0 Å². The van der Waals surface area contributed by atoms with Crippen LogP contribution >= 0.6 is 0 Å². The highest BCUT2D eigenvalue weighted by atomic mass is 19.4. The normalized spacial score (nSPS) is 13.6. The zero-order chi connectivity index (χ0) is 12.5. The van der Waals surface area contributed by atoms with Gasteiger partial charge in [0.25, 0.3) is 0 Å². The minimum atomic E-state index is -4.77. The van der Waals surface area contributed by atoms with Crippen molar-refractivity contribution in [3.05, 3.63) is 34.9 Å². The summed E-state index contributed by atoms with van der Waals surface area (Å²) in [5.41, 5.74) is 1.24. The van der Waals surface area contributed by atoms with Crippen LogP contribution in [0.1, 0.15) is 22.6 Å². The summed E-state index contributed by atoms with van der Waals surface area (Å²) in [7, 11) is 0. The van der Waals surface area contributed by atoms with Gasteiger partial charge in [0, 0.05) is 0 Å². The van der Waals surface area contributed by atoms with Crippen molar-refractivity contribution < 1.29 is 23.1 Å². The third-order valence-corrected chi connectivity index (χ3v) is 2.44. The minimum absolute atomic E-state index is 0.233. The highest BCUT2D eigenvalue weighted by Gasteiger charge is 2.46. The number of hydrogen-bond donors (Lipinski definition) is 1. The molecule has 1 aromatic rings. The van der Waals surface area contributed by atoms with Crippen LogP contribution < -0.4 is 0 Å². The summed E-state index contributed by atoms with van der Waals surface area (Å²) in [4.78, 5) is 10.6. The molecule has 0 amide bonds. The third kappa shape index (κ3) is 2.53. The summed E-state index contributed by atoms with van der Waals surface area (Å²) in [5, 5.41) is 8.60. The van der Waals surface area contributed by atoms with E-state index in [9.17, 15) is 18.0 Å². The van der Waals surface area contributed by atoms with Crippen molar-refractivity contribution in [1.82, 2.24) is 0 Å². The SMILES string of the molecule is Cc1ccc(C(C(=O)O)C(F)(F)F)cc1C. The van der Waals surface area contributed by atoms with Crippen molar-refractivity contribution >= 4 is 5.97 Å². The Morgan fingerprint density at radius 3 is 2.19 bits per heavy atom. The van der Waals surface area contributed by atoms with Crippen LogP contribution in [-0.4, -0.2) is 17.3 Å². The summed E-state index contributed by atoms with van der Waals surface area (Å²) >= 11 is 0. The third-order valence-electron chi connectivity index (χ3n) is 2.44. The average Bonchev–Trinajstić information content (AvgIpc) is 2.08. The highest BCUT2D eigenvalue weighted by molar-refractivity contribution is 5.77. The number of carbonyl (C=O) groups is 1. The molecule has 16 heavy (non-hydrogen) atoms. The molecule has 0 saturated carbocycles. The smallest absolute Gasteiger partial charge is 0.406 e. The van der Waals surface area contributed by atoms with E-state index in [0.717, 1.165) is 5.56 Å². The number of carboxylic acids is 1. The zero-order valence-corrected chi connectivity index (χ0v) is 8.80. The molecule has 1 atom stereocenters. The molecule has 0 aliphatic rings. The van der Waals surface area contributed by atoms with Gasteiger partial charge in [0.1, 0.15) is 0 Å². The standard InChI is InChI=1S/C11H11F3O2/c1-6-3-4-8(5-7(6)2)9(10(15)16)11(12,13)14/h3-5,9H,1-2H3,(H,15,16). The van der Waals surface area contributed by atoms with E-state index in [1.165, 1.54) is 18.2 Å². The quantitative estimate of drug-likeness (QED) is 0.850. The zero-order valence-electron chi connectivity index (χ0n) is 8.80. The first-order valence-electron chi connectivity index (χ1n) is 4.60. The Labute approximate surface area is 90.7 Å².